The van der Waals surface area contributed by atoms with Gasteiger partial charge in [0.05, 0.1) is 17.1 Å². The zero-order chi connectivity index (χ0) is 14.0. The zero-order valence-electron chi connectivity index (χ0n) is 11.2. The maximum Gasteiger partial charge on any atom is 0.331 e. The third kappa shape index (κ3) is 2.57. The van der Waals surface area contributed by atoms with E-state index in [0.29, 0.717) is 5.57 Å². The molecule has 2 aromatic rings. The van der Waals surface area contributed by atoms with E-state index in [9.17, 15) is 4.79 Å². The molecule has 1 N–H and O–H groups in total. The number of hydrogen-bond donors (Lipinski definition) is 1. The van der Waals surface area contributed by atoms with Crippen molar-refractivity contribution in [2.45, 2.75) is 20.8 Å². The van der Waals surface area contributed by atoms with Gasteiger partial charge in [0.2, 0.25) is 0 Å². The first-order valence-electron chi connectivity index (χ1n) is 6.04. The number of para-hydroxylation sites is 1. The first-order chi connectivity index (χ1) is 9.00. The Morgan fingerprint density at radius 3 is 2.42 bits per heavy atom. The minimum Gasteiger partial charge on any atom is -0.478 e. The first kappa shape index (κ1) is 13.1. The lowest BCUT2D eigenvalue weighted by Gasteiger charge is -2.09. The lowest BCUT2D eigenvalue weighted by atomic mass is 10.1. The van der Waals surface area contributed by atoms with Crippen molar-refractivity contribution in [2.24, 2.45) is 0 Å². The average Bonchev–Trinajstić information content (AvgIpc) is 2.80. The number of aliphatic carboxylic acids is 1. The fourth-order valence-electron chi connectivity index (χ4n) is 1.89. The molecule has 0 atom stereocenters. The molecule has 0 radical (unpaired) electrons. The van der Waals surface area contributed by atoms with Crippen LogP contribution in [-0.4, -0.2) is 20.9 Å². The van der Waals surface area contributed by atoms with E-state index in [0.717, 1.165) is 22.6 Å². The molecule has 0 aliphatic rings. The van der Waals surface area contributed by atoms with Gasteiger partial charge >= 0.3 is 5.97 Å². The van der Waals surface area contributed by atoms with Crippen molar-refractivity contribution in [1.29, 1.82) is 0 Å². The van der Waals surface area contributed by atoms with Gasteiger partial charge in [-0.3, -0.25) is 0 Å². The number of aromatic nitrogens is 2. The number of allylic oxidation sites excluding steroid dienone is 1. The Hall–Kier alpha value is -2.36. The number of nitrogens with zero attached hydrogens (tertiary/aromatic N) is 2. The van der Waals surface area contributed by atoms with Crippen molar-refractivity contribution >= 4 is 11.5 Å². The Morgan fingerprint density at radius 2 is 1.84 bits per heavy atom. The molecule has 2 rings (SSSR count). The van der Waals surface area contributed by atoms with Crippen LogP contribution < -0.4 is 0 Å². The molecule has 0 unspecified atom stereocenters. The molecular formula is C15H16N2O2. The second-order valence-corrected chi connectivity index (χ2v) is 4.47. The predicted octanol–water partition coefficient (Wildman–Crippen LogP) is 3.06. The van der Waals surface area contributed by atoms with Crippen LogP contribution in [0.3, 0.4) is 0 Å². The number of carboxylic acid groups (broad SMARTS) is 1. The van der Waals surface area contributed by atoms with Gasteiger partial charge in [-0.1, -0.05) is 18.2 Å². The Balaban J connectivity index is 2.61. The van der Waals surface area contributed by atoms with Crippen molar-refractivity contribution in [3.05, 3.63) is 53.4 Å². The summed E-state index contributed by atoms with van der Waals surface area (Å²) in [6.45, 7) is 5.31. The maximum atomic E-state index is 11.1. The Bertz CT molecular complexity index is 639. The quantitative estimate of drug-likeness (QED) is 0.859. The van der Waals surface area contributed by atoms with Crippen LogP contribution >= 0.6 is 0 Å². The topological polar surface area (TPSA) is 55.1 Å². The number of benzene rings is 1. The van der Waals surface area contributed by atoms with Gasteiger partial charge in [0.15, 0.2) is 0 Å². The van der Waals surface area contributed by atoms with Gasteiger partial charge in [0.1, 0.15) is 0 Å². The van der Waals surface area contributed by atoms with Crippen LogP contribution in [0.25, 0.3) is 11.3 Å². The predicted molar refractivity (Wildman–Crippen MR) is 74.2 cm³/mol. The molecule has 1 aromatic heterocycles. The second-order valence-electron chi connectivity index (χ2n) is 4.47. The second kappa shape index (κ2) is 5.10. The summed E-state index contributed by atoms with van der Waals surface area (Å²) in [4.78, 5) is 11.1. The van der Waals surface area contributed by atoms with E-state index in [1.165, 1.54) is 0 Å². The Morgan fingerprint density at radius 1 is 1.21 bits per heavy atom. The summed E-state index contributed by atoms with van der Waals surface area (Å²) in [5, 5.41) is 13.5. The number of rotatable bonds is 3. The molecule has 4 heteroatoms. The molecule has 0 bridgehead atoms. The fourth-order valence-corrected chi connectivity index (χ4v) is 1.89. The van der Waals surface area contributed by atoms with Crippen molar-refractivity contribution < 1.29 is 9.90 Å². The van der Waals surface area contributed by atoms with E-state index in [4.69, 9.17) is 5.11 Å². The third-order valence-corrected chi connectivity index (χ3v) is 3.10. The molecular weight excluding hydrogens is 240 g/mol. The highest BCUT2D eigenvalue weighted by Crippen LogP contribution is 2.22. The monoisotopic (exact) mass is 256 g/mol. The van der Waals surface area contributed by atoms with Gasteiger partial charge < -0.3 is 5.11 Å². The zero-order valence-corrected chi connectivity index (χ0v) is 11.2. The van der Waals surface area contributed by atoms with Gasteiger partial charge in [-0.2, -0.15) is 5.10 Å². The van der Waals surface area contributed by atoms with E-state index in [1.54, 1.807) is 18.5 Å². The van der Waals surface area contributed by atoms with E-state index in [1.807, 2.05) is 43.3 Å². The molecule has 0 saturated heterocycles. The number of aryl methyl sites for hydroxylation is 1. The smallest absolute Gasteiger partial charge is 0.331 e. The van der Waals surface area contributed by atoms with Crippen molar-refractivity contribution in [1.82, 2.24) is 9.78 Å². The Kier molecular flexibility index (Phi) is 3.51. The van der Waals surface area contributed by atoms with Gasteiger partial charge in [0.25, 0.3) is 0 Å². The van der Waals surface area contributed by atoms with Gasteiger partial charge in [-0.15, -0.1) is 0 Å². The van der Waals surface area contributed by atoms with Crippen molar-refractivity contribution in [3.8, 4) is 5.69 Å². The van der Waals surface area contributed by atoms with Gasteiger partial charge in [-0.25, -0.2) is 9.48 Å². The first-order valence-corrected chi connectivity index (χ1v) is 6.04. The van der Waals surface area contributed by atoms with Gasteiger partial charge in [-0.05, 0) is 44.5 Å². The summed E-state index contributed by atoms with van der Waals surface area (Å²) < 4.78 is 1.77. The summed E-state index contributed by atoms with van der Waals surface area (Å²) in [5.41, 5.74) is 3.64. The lowest BCUT2D eigenvalue weighted by molar-refractivity contribution is -0.132. The molecule has 0 spiro atoms. The molecule has 4 nitrogen and oxygen atoms in total. The average molecular weight is 256 g/mol. The third-order valence-electron chi connectivity index (χ3n) is 3.10. The molecule has 0 fully saturated rings. The van der Waals surface area contributed by atoms with Crippen molar-refractivity contribution in [2.75, 3.05) is 0 Å². The van der Waals surface area contributed by atoms with E-state index in [2.05, 4.69) is 5.10 Å². The molecule has 1 heterocycles. The molecule has 98 valence electrons. The largest absolute Gasteiger partial charge is 0.478 e. The normalized spacial score (nSPS) is 12.2. The summed E-state index contributed by atoms with van der Waals surface area (Å²) >= 11 is 0. The Labute approximate surface area is 112 Å². The highest BCUT2D eigenvalue weighted by Gasteiger charge is 2.13. The van der Waals surface area contributed by atoms with E-state index < -0.39 is 5.97 Å². The lowest BCUT2D eigenvalue weighted by Crippen LogP contribution is -2.04. The van der Waals surface area contributed by atoms with Crippen LogP contribution in [-0.2, 0) is 4.79 Å². The van der Waals surface area contributed by atoms with Crippen LogP contribution in [0.2, 0.25) is 0 Å². The molecule has 0 aliphatic carbocycles. The highest BCUT2D eigenvalue weighted by atomic mass is 16.4. The summed E-state index contributed by atoms with van der Waals surface area (Å²) in [7, 11) is 0. The highest BCUT2D eigenvalue weighted by molar-refractivity contribution is 5.95. The number of carboxylic acids is 1. The molecule has 0 saturated carbocycles. The summed E-state index contributed by atoms with van der Waals surface area (Å²) in [5.74, 6) is -0.907. The molecule has 1 aromatic carbocycles. The van der Waals surface area contributed by atoms with Crippen LogP contribution in [0.1, 0.15) is 25.2 Å². The van der Waals surface area contributed by atoms with Crippen LogP contribution in [0.15, 0.2) is 42.0 Å². The number of hydrogen-bond acceptors (Lipinski definition) is 2. The van der Waals surface area contributed by atoms with Crippen molar-refractivity contribution in [3.63, 3.8) is 0 Å². The SMILES string of the molecule is CC(C(=O)O)=C(C)c1cc(C)nn1-c1ccccc1. The van der Waals surface area contributed by atoms with Crippen LogP contribution in [0.5, 0.6) is 0 Å². The van der Waals surface area contributed by atoms with E-state index >= 15 is 0 Å². The molecule has 0 aliphatic heterocycles. The fraction of sp³-hybridized carbons (Fsp3) is 0.200. The standard InChI is InChI=1S/C15H16N2O2/c1-10-9-14(11(2)12(3)15(18)19)17(16-10)13-7-5-4-6-8-13/h4-9H,1-3H3,(H,18,19). The molecule has 19 heavy (non-hydrogen) atoms. The van der Waals surface area contributed by atoms with Gasteiger partial charge in [0, 0.05) is 5.57 Å². The molecule has 0 amide bonds. The summed E-state index contributed by atoms with van der Waals surface area (Å²) in [6.07, 6.45) is 0. The maximum absolute atomic E-state index is 11.1. The van der Waals surface area contributed by atoms with Crippen LogP contribution in [0, 0.1) is 6.92 Å². The summed E-state index contributed by atoms with van der Waals surface area (Å²) in [6, 6.07) is 11.6. The van der Waals surface area contributed by atoms with E-state index in [-0.39, 0.29) is 0 Å². The van der Waals surface area contributed by atoms with Crippen LogP contribution in [0.4, 0.5) is 0 Å². The number of carbonyl (C=O) groups is 1. The minimum absolute atomic E-state index is 0.331. The minimum atomic E-state index is -0.907.